The van der Waals surface area contributed by atoms with Crippen molar-refractivity contribution >= 4 is 6.29 Å². The maximum absolute atomic E-state index is 10.8. The number of likely N-dealkylation sites (tertiary alicyclic amines) is 1. The number of rotatable bonds is 2. The Morgan fingerprint density at radius 2 is 2.00 bits per heavy atom. The van der Waals surface area contributed by atoms with E-state index in [-0.39, 0.29) is 11.5 Å². The molecular formula is C10H16N2O. The molecule has 1 heterocycles. The van der Waals surface area contributed by atoms with Crippen molar-refractivity contribution in [3.05, 3.63) is 0 Å². The van der Waals surface area contributed by atoms with Gasteiger partial charge in [0.2, 0.25) is 0 Å². The molecule has 3 nitrogen and oxygen atoms in total. The molecule has 0 unspecified atom stereocenters. The maximum atomic E-state index is 10.8. The highest BCUT2D eigenvalue weighted by atomic mass is 16.1. The number of carbonyl (C=O) groups is 1. The summed E-state index contributed by atoms with van der Waals surface area (Å²) < 4.78 is 0. The van der Waals surface area contributed by atoms with E-state index < -0.39 is 0 Å². The van der Waals surface area contributed by atoms with Gasteiger partial charge in [0, 0.05) is 19.0 Å². The van der Waals surface area contributed by atoms with Gasteiger partial charge in [-0.15, -0.1) is 0 Å². The molecule has 1 aliphatic heterocycles. The predicted molar refractivity (Wildman–Crippen MR) is 50.1 cm³/mol. The van der Waals surface area contributed by atoms with E-state index >= 15 is 0 Å². The molecule has 0 spiro atoms. The molecule has 0 amide bonds. The van der Waals surface area contributed by atoms with Gasteiger partial charge in [0.1, 0.15) is 6.29 Å². The van der Waals surface area contributed by atoms with Crippen molar-refractivity contribution in [2.75, 3.05) is 13.1 Å². The summed E-state index contributed by atoms with van der Waals surface area (Å²) in [7, 11) is 0. The molecule has 0 aromatic carbocycles. The number of nitrogens with zero attached hydrogens (tertiary/aromatic N) is 2. The van der Waals surface area contributed by atoms with E-state index in [1.54, 1.807) is 0 Å². The van der Waals surface area contributed by atoms with Crippen molar-refractivity contribution < 1.29 is 4.79 Å². The average molecular weight is 180 g/mol. The third-order valence-corrected chi connectivity index (χ3v) is 2.78. The van der Waals surface area contributed by atoms with Gasteiger partial charge in [0.25, 0.3) is 0 Å². The van der Waals surface area contributed by atoms with Gasteiger partial charge >= 0.3 is 0 Å². The van der Waals surface area contributed by atoms with Crippen LogP contribution in [0.5, 0.6) is 0 Å². The summed E-state index contributed by atoms with van der Waals surface area (Å²) in [4.78, 5) is 12.9. The number of nitriles is 1. The second-order valence-electron chi connectivity index (χ2n) is 4.16. The fraction of sp³-hybridized carbons (Fsp3) is 0.800. The van der Waals surface area contributed by atoms with Crippen molar-refractivity contribution in [1.29, 1.82) is 5.26 Å². The summed E-state index contributed by atoms with van der Waals surface area (Å²) >= 11 is 0. The fourth-order valence-electron chi connectivity index (χ4n) is 1.66. The lowest BCUT2D eigenvalue weighted by Gasteiger charge is -2.38. The van der Waals surface area contributed by atoms with E-state index in [1.165, 1.54) is 0 Å². The van der Waals surface area contributed by atoms with E-state index in [2.05, 4.69) is 11.0 Å². The van der Waals surface area contributed by atoms with Crippen molar-refractivity contribution in [3.63, 3.8) is 0 Å². The first-order valence-corrected chi connectivity index (χ1v) is 4.71. The molecule has 0 N–H and O–H groups in total. The highest BCUT2D eigenvalue weighted by molar-refractivity contribution is 5.62. The average Bonchev–Trinajstić information content (AvgIpc) is 2.18. The predicted octanol–water partition coefficient (Wildman–Crippen LogP) is 1.20. The normalized spacial score (nSPS) is 21.0. The van der Waals surface area contributed by atoms with Crippen LogP contribution in [-0.4, -0.2) is 29.8 Å². The molecule has 72 valence electrons. The standard InChI is InChI=1S/C10H16N2O/c1-10(2,8-13)12-5-3-9(7-11)4-6-12/h8-9H,3-6H2,1-2H3. The van der Waals surface area contributed by atoms with Gasteiger partial charge in [-0.3, -0.25) is 4.90 Å². The van der Waals surface area contributed by atoms with Crippen LogP contribution in [-0.2, 0) is 4.79 Å². The molecule has 0 radical (unpaired) electrons. The zero-order valence-electron chi connectivity index (χ0n) is 8.29. The van der Waals surface area contributed by atoms with Crippen molar-refractivity contribution in [2.45, 2.75) is 32.2 Å². The minimum Gasteiger partial charge on any atom is -0.301 e. The number of piperidine rings is 1. The summed E-state index contributed by atoms with van der Waals surface area (Å²) in [5, 5.41) is 8.70. The SMILES string of the molecule is CC(C)(C=O)N1CCC(C#N)CC1. The van der Waals surface area contributed by atoms with Crippen LogP contribution in [0.2, 0.25) is 0 Å². The molecule has 0 bridgehead atoms. The van der Waals surface area contributed by atoms with E-state index in [4.69, 9.17) is 5.26 Å². The molecular weight excluding hydrogens is 164 g/mol. The molecule has 0 saturated carbocycles. The molecule has 1 fully saturated rings. The number of hydrogen-bond acceptors (Lipinski definition) is 3. The van der Waals surface area contributed by atoms with Crippen LogP contribution < -0.4 is 0 Å². The van der Waals surface area contributed by atoms with E-state index in [9.17, 15) is 4.79 Å². The molecule has 13 heavy (non-hydrogen) atoms. The monoisotopic (exact) mass is 180 g/mol. The Morgan fingerprint density at radius 3 is 2.38 bits per heavy atom. The Hall–Kier alpha value is -0.880. The molecule has 1 saturated heterocycles. The van der Waals surface area contributed by atoms with Gasteiger partial charge in [0.05, 0.1) is 11.6 Å². The number of hydrogen-bond donors (Lipinski definition) is 0. The van der Waals surface area contributed by atoms with Gasteiger partial charge in [-0.1, -0.05) is 0 Å². The lowest BCUT2D eigenvalue weighted by Crippen LogP contribution is -2.49. The maximum Gasteiger partial charge on any atom is 0.139 e. The van der Waals surface area contributed by atoms with Gasteiger partial charge in [0.15, 0.2) is 0 Å². The first-order chi connectivity index (χ1) is 6.10. The Kier molecular flexibility index (Phi) is 3.05. The second kappa shape index (κ2) is 3.89. The Balaban J connectivity index is 2.51. The molecule has 1 rings (SSSR count). The van der Waals surface area contributed by atoms with Crippen molar-refractivity contribution in [2.24, 2.45) is 5.92 Å². The van der Waals surface area contributed by atoms with Crippen molar-refractivity contribution in [3.8, 4) is 6.07 Å². The van der Waals surface area contributed by atoms with E-state index in [0.717, 1.165) is 32.2 Å². The Bertz CT molecular complexity index is 222. The molecule has 3 heteroatoms. The molecule has 1 aliphatic rings. The van der Waals surface area contributed by atoms with Crippen LogP contribution >= 0.6 is 0 Å². The van der Waals surface area contributed by atoms with Gasteiger partial charge in [-0.05, 0) is 26.7 Å². The lowest BCUT2D eigenvalue weighted by atomic mass is 9.94. The minimum absolute atomic E-state index is 0.193. The minimum atomic E-state index is -0.361. The van der Waals surface area contributed by atoms with E-state index in [1.807, 2.05) is 13.8 Å². The van der Waals surface area contributed by atoms with Crippen LogP contribution in [0.1, 0.15) is 26.7 Å². The van der Waals surface area contributed by atoms with Crippen LogP contribution in [0.15, 0.2) is 0 Å². The molecule has 0 atom stereocenters. The fourth-order valence-corrected chi connectivity index (χ4v) is 1.66. The Labute approximate surface area is 79.3 Å². The summed E-state index contributed by atoms with van der Waals surface area (Å²) in [6.45, 7) is 5.58. The lowest BCUT2D eigenvalue weighted by molar-refractivity contribution is -0.117. The third kappa shape index (κ3) is 2.28. The zero-order valence-corrected chi connectivity index (χ0v) is 8.29. The largest absolute Gasteiger partial charge is 0.301 e. The molecule has 0 aliphatic carbocycles. The van der Waals surface area contributed by atoms with Crippen LogP contribution in [0.25, 0.3) is 0 Å². The van der Waals surface area contributed by atoms with Gasteiger partial charge in [-0.2, -0.15) is 5.26 Å². The van der Waals surface area contributed by atoms with Crippen LogP contribution in [0, 0.1) is 17.2 Å². The summed E-state index contributed by atoms with van der Waals surface area (Å²) in [6, 6.07) is 2.28. The third-order valence-electron chi connectivity index (χ3n) is 2.78. The zero-order chi connectivity index (χ0) is 9.90. The summed E-state index contributed by atoms with van der Waals surface area (Å²) in [5.74, 6) is 0.193. The van der Waals surface area contributed by atoms with Crippen molar-refractivity contribution in [1.82, 2.24) is 4.90 Å². The summed E-state index contributed by atoms with van der Waals surface area (Å²) in [5.41, 5.74) is -0.361. The van der Waals surface area contributed by atoms with E-state index in [0.29, 0.717) is 0 Å². The first-order valence-electron chi connectivity index (χ1n) is 4.71. The quantitative estimate of drug-likeness (QED) is 0.600. The topological polar surface area (TPSA) is 44.1 Å². The second-order valence-corrected chi connectivity index (χ2v) is 4.16. The molecule has 0 aromatic rings. The highest BCUT2D eigenvalue weighted by Crippen LogP contribution is 2.22. The first kappa shape index (κ1) is 10.2. The van der Waals surface area contributed by atoms with Gasteiger partial charge < -0.3 is 4.79 Å². The number of carbonyl (C=O) groups excluding carboxylic acids is 1. The smallest absolute Gasteiger partial charge is 0.139 e. The van der Waals surface area contributed by atoms with Crippen LogP contribution in [0.3, 0.4) is 0 Å². The summed E-state index contributed by atoms with van der Waals surface area (Å²) in [6.07, 6.45) is 2.78. The van der Waals surface area contributed by atoms with Gasteiger partial charge in [-0.25, -0.2) is 0 Å². The molecule has 0 aromatic heterocycles. The Morgan fingerprint density at radius 1 is 1.46 bits per heavy atom. The van der Waals surface area contributed by atoms with Crippen LogP contribution in [0.4, 0.5) is 0 Å². The number of aldehydes is 1. The highest BCUT2D eigenvalue weighted by Gasteiger charge is 2.29.